The molecule has 0 spiro atoms. The summed E-state index contributed by atoms with van der Waals surface area (Å²) in [7, 11) is 1.62. The summed E-state index contributed by atoms with van der Waals surface area (Å²) < 4.78 is 5.06. The molecule has 1 aliphatic heterocycles. The van der Waals surface area contributed by atoms with Crippen molar-refractivity contribution in [3.63, 3.8) is 0 Å². The molecule has 1 saturated heterocycles. The quantitative estimate of drug-likeness (QED) is 0.487. The van der Waals surface area contributed by atoms with E-state index < -0.39 is 0 Å². The highest BCUT2D eigenvalue weighted by atomic mass is 32.1. The number of hydrogen-bond acceptors (Lipinski definition) is 5. The summed E-state index contributed by atoms with van der Waals surface area (Å²) in [5.41, 5.74) is 1.15. The summed E-state index contributed by atoms with van der Waals surface area (Å²) in [6.07, 6.45) is 4.49. The van der Waals surface area contributed by atoms with Crippen LogP contribution in [0.4, 0.5) is 0 Å². The van der Waals surface area contributed by atoms with Gasteiger partial charge in [-0.15, -0.1) is 11.3 Å². The summed E-state index contributed by atoms with van der Waals surface area (Å²) in [5, 5.41) is 0. The van der Waals surface area contributed by atoms with Gasteiger partial charge < -0.3 is 14.5 Å². The average molecular weight is 441 g/mol. The Bertz CT molecular complexity index is 930. The largest absolute Gasteiger partial charge is 0.466 e. The molecule has 164 valence electrons. The molecule has 1 aromatic heterocycles. The summed E-state index contributed by atoms with van der Waals surface area (Å²) >= 11 is 1.61. The molecule has 2 amide bonds. The molecule has 6 nitrogen and oxygen atoms in total. The van der Waals surface area contributed by atoms with Gasteiger partial charge in [0.05, 0.1) is 19.1 Å². The first kappa shape index (κ1) is 22.7. The molecule has 0 radical (unpaired) electrons. The van der Waals surface area contributed by atoms with Gasteiger partial charge in [-0.1, -0.05) is 30.3 Å². The molecule has 0 unspecified atom stereocenters. The number of amides is 2. The Morgan fingerprint density at radius 1 is 1.13 bits per heavy atom. The zero-order valence-electron chi connectivity index (χ0n) is 18.0. The van der Waals surface area contributed by atoms with Gasteiger partial charge in [-0.3, -0.25) is 14.4 Å². The van der Waals surface area contributed by atoms with Crippen molar-refractivity contribution in [1.82, 2.24) is 9.80 Å². The number of nitrogens with zero attached hydrogens (tertiary/aromatic N) is 2. The molecule has 1 aromatic carbocycles. The van der Waals surface area contributed by atoms with E-state index in [9.17, 15) is 14.4 Å². The number of esters is 1. The van der Waals surface area contributed by atoms with E-state index in [0.29, 0.717) is 32.5 Å². The Morgan fingerprint density at radius 3 is 2.52 bits per heavy atom. The Labute approximate surface area is 187 Å². The Kier molecular flexibility index (Phi) is 8.00. The maximum absolute atomic E-state index is 12.5. The molecule has 0 atom stereocenters. The van der Waals surface area contributed by atoms with Crippen LogP contribution in [0.2, 0.25) is 0 Å². The molecular weight excluding hydrogens is 412 g/mol. The Morgan fingerprint density at radius 2 is 1.84 bits per heavy atom. The van der Waals surface area contributed by atoms with Crippen LogP contribution < -0.4 is 0 Å². The molecule has 0 N–H and O–H groups in total. The van der Waals surface area contributed by atoms with Crippen LogP contribution in [0.5, 0.6) is 0 Å². The number of thiophene rings is 1. The van der Waals surface area contributed by atoms with Crippen LogP contribution in [0.15, 0.2) is 48.5 Å². The van der Waals surface area contributed by atoms with Crippen LogP contribution in [0, 0.1) is 5.92 Å². The molecule has 1 aliphatic rings. The van der Waals surface area contributed by atoms with Gasteiger partial charge in [-0.2, -0.15) is 0 Å². The number of carbonyl (C=O) groups excluding carboxylic acids is 3. The van der Waals surface area contributed by atoms with Gasteiger partial charge in [-0.05, 0) is 43.5 Å². The van der Waals surface area contributed by atoms with Crippen LogP contribution >= 0.6 is 11.3 Å². The molecule has 2 aromatic rings. The van der Waals surface area contributed by atoms with Crippen molar-refractivity contribution in [2.24, 2.45) is 5.92 Å². The fraction of sp³-hybridized carbons (Fsp3) is 0.375. The van der Waals surface area contributed by atoms with Crippen LogP contribution in [-0.4, -0.2) is 60.9 Å². The summed E-state index contributed by atoms with van der Waals surface area (Å²) in [5.74, 6) is -0.646. The van der Waals surface area contributed by atoms with Crippen LogP contribution in [0.25, 0.3) is 16.5 Å². The number of ether oxygens (including phenoxy) is 1. The fourth-order valence-corrected chi connectivity index (χ4v) is 4.40. The average Bonchev–Trinajstić information content (AvgIpc) is 3.27. The minimum absolute atomic E-state index is 0.0208. The van der Waals surface area contributed by atoms with E-state index in [1.54, 1.807) is 36.3 Å². The molecular formula is C24H28N2O4S. The van der Waals surface area contributed by atoms with Gasteiger partial charge in [0.15, 0.2) is 0 Å². The second-order valence-corrected chi connectivity index (χ2v) is 8.62. The lowest BCUT2D eigenvalue weighted by Crippen LogP contribution is -2.45. The van der Waals surface area contributed by atoms with Gasteiger partial charge in [-0.25, -0.2) is 0 Å². The SMILES string of the molecule is CCOC(=O)C1CCN(C(=O)CN(C)C(=O)/C=C/c2ccc(-c3ccccc3)s2)CC1. The Balaban J connectivity index is 1.48. The van der Waals surface area contributed by atoms with E-state index in [4.69, 9.17) is 4.74 Å². The van der Waals surface area contributed by atoms with Gasteiger partial charge >= 0.3 is 5.97 Å². The highest BCUT2D eigenvalue weighted by molar-refractivity contribution is 7.16. The third-order valence-corrected chi connectivity index (χ3v) is 6.39. The van der Waals surface area contributed by atoms with Gasteiger partial charge in [0.25, 0.3) is 0 Å². The van der Waals surface area contributed by atoms with Crippen LogP contribution in [0.3, 0.4) is 0 Å². The first-order chi connectivity index (χ1) is 15.0. The van der Waals surface area contributed by atoms with E-state index in [2.05, 4.69) is 12.1 Å². The van der Waals surface area contributed by atoms with Crippen molar-refractivity contribution in [3.05, 3.63) is 53.4 Å². The molecule has 2 heterocycles. The summed E-state index contributed by atoms with van der Waals surface area (Å²) in [6.45, 7) is 3.21. The third kappa shape index (κ3) is 6.28. The zero-order chi connectivity index (χ0) is 22.2. The van der Waals surface area contributed by atoms with Crippen molar-refractivity contribution in [2.45, 2.75) is 19.8 Å². The van der Waals surface area contributed by atoms with Gasteiger partial charge in [0, 0.05) is 36.0 Å². The fourth-order valence-electron chi connectivity index (χ4n) is 3.49. The first-order valence-electron chi connectivity index (χ1n) is 10.5. The molecule has 1 fully saturated rings. The van der Waals surface area contributed by atoms with Gasteiger partial charge in [0.1, 0.15) is 0 Å². The number of rotatable bonds is 7. The molecule has 0 saturated carbocycles. The number of likely N-dealkylation sites (tertiary alicyclic amines) is 1. The molecule has 0 aliphatic carbocycles. The van der Waals surface area contributed by atoms with Crippen LogP contribution in [0.1, 0.15) is 24.6 Å². The number of benzene rings is 1. The van der Waals surface area contributed by atoms with E-state index in [1.807, 2.05) is 30.3 Å². The lowest BCUT2D eigenvalue weighted by atomic mass is 9.97. The van der Waals surface area contributed by atoms with Crippen molar-refractivity contribution >= 4 is 35.2 Å². The number of piperidine rings is 1. The maximum atomic E-state index is 12.5. The van der Waals surface area contributed by atoms with E-state index in [0.717, 1.165) is 15.3 Å². The monoisotopic (exact) mass is 440 g/mol. The van der Waals surface area contributed by atoms with Crippen molar-refractivity contribution in [3.8, 4) is 10.4 Å². The second-order valence-electron chi connectivity index (χ2n) is 7.50. The van der Waals surface area contributed by atoms with Gasteiger partial charge in [0.2, 0.25) is 11.8 Å². The number of hydrogen-bond donors (Lipinski definition) is 0. The molecule has 0 bridgehead atoms. The van der Waals surface area contributed by atoms with E-state index in [-0.39, 0.29) is 30.2 Å². The predicted octanol–water partition coefficient (Wildman–Crippen LogP) is 3.69. The number of likely N-dealkylation sites (N-methyl/N-ethyl adjacent to an activating group) is 1. The highest BCUT2D eigenvalue weighted by Gasteiger charge is 2.28. The van der Waals surface area contributed by atoms with Crippen molar-refractivity contribution in [1.29, 1.82) is 0 Å². The summed E-state index contributed by atoms with van der Waals surface area (Å²) in [6, 6.07) is 14.1. The normalized spacial score (nSPS) is 14.6. The topological polar surface area (TPSA) is 66.9 Å². The lowest BCUT2D eigenvalue weighted by Gasteiger charge is -2.32. The first-order valence-corrected chi connectivity index (χ1v) is 11.3. The van der Waals surface area contributed by atoms with Crippen LogP contribution in [-0.2, 0) is 19.1 Å². The zero-order valence-corrected chi connectivity index (χ0v) is 18.8. The predicted molar refractivity (Wildman–Crippen MR) is 122 cm³/mol. The summed E-state index contributed by atoms with van der Waals surface area (Å²) in [4.78, 5) is 42.1. The third-order valence-electron chi connectivity index (χ3n) is 5.29. The molecule has 7 heteroatoms. The highest BCUT2D eigenvalue weighted by Crippen LogP contribution is 2.28. The minimum atomic E-state index is -0.218. The molecule has 3 rings (SSSR count). The van der Waals surface area contributed by atoms with E-state index in [1.165, 1.54) is 11.0 Å². The second kappa shape index (κ2) is 10.9. The lowest BCUT2D eigenvalue weighted by molar-refractivity contribution is -0.151. The maximum Gasteiger partial charge on any atom is 0.309 e. The minimum Gasteiger partial charge on any atom is -0.466 e. The van der Waals surface area contributed by atoms with E-state index >= 15 is 0 Å². The van der Waals surface area contributed by atoms with Crippen molar-refractivity contribution in [2.75, 3.05) is 33.3 Å². The molecule has 31 heavy (non-hydrogen) atoms. The standard InChI is InChI=1S/C24H28N2O4S/c1-3-30-24(29)19-13-15-26(16-14-19)23(28)17-25(2)22(27)12-10-20-9-11-21(31-20)18-7-5-4-6-8-18/h4-12,19H,3,13-17H2,1-2H3/b12-10+. The Hall–Kier alpha value is -2.93. The smallest absolute Gasteiger partial charge is 0.309 e. The number of carbonyl (C=O) groups is 3. The van der Waals surface area contributed by atoms with Crippen molar-refractivity contribution < 1.29 is 19.1 Å².